The van der Waals surface area contributed by atoms with Crippen LogP contribution in [0.2, 0.25) is 0 Å². The molecule has 1 aromatic heterocycles. The van der Waals surface area contributed by atoms with Gasteiger partial charge in [-0.2, -0.15) is 0 Å². The summed E-state index contributed by atoms with van der Waals surface area (Å²) in [5, 5.41) is 1.75. The molecule has 13 heavy (non-hydrogen) atoms. The molecule has 0 spiro atoms. The number of esters is 1. The molecular formula is C8H12N2O2S. The Bertz CT molecular complexity index is 364. The maximum atomic E-state index is 11.3. The normalized spacial score (nSPS) is 11.8. The van der Waals surface area contributed by atoms with E-state index in [2.05, 4.69) is 4.99 Å². The largest absolute Gasteiger partial charge is 0.461 e. The smallest absolute Gasteiger partial charge is 0.355 e. The molecule has 0 aliphatic rings. The molecule has 0 saturated heterocycles. The number of carbonyl (C=O) groups is 1. The highest BCUT2D eigenvalue weighted by Crippen LogP contribution is 2.01. The Balaban J connectivity index is 3.03. The van der Waals surface area contributed by atoms with Crippen molar-refractivity contribution >= 4 is 17.3 Å². The van der Waals surface area contributed by atoms with Crippen LogP contribution in [0.5, 0.6) is 0 Å². The minimum absolute atomic E-state index is 0.295. The molecule has 0 unspecified atom stereocenters. The van der Waals surface area contributed by atoms with Crippen molar-refractivity contribution in [1.82, 2.24) is 4.57 Å². The van der Waals surface area contributed by atoms with Crippen molar-refractivity contribution in [3.8, 4) is 0 Å². The number of nitrogens with zero attached hydrogens (tertiary/aromatic N) is 2. The topological polar surface area (TPSA) is 43.6 Å². The molecule has 0 atom stereocenters. The van der Waals surface area contributed by atoms with E-state index in [0.717, 1.165) is 4.80 Å². The molecule has 5 heteroatoms. The molecule has 0 bridgehead atoms. The van der Waals surface area contributed by atoms with Gasteiger partial charge in [0.2, 0.25) is 0 Å². The van der Waals surface area contributed by atoms with Crippen molar-refractivity contribution < 1.29 is 9.53 Å². The van der Waals surface area contributed by atoms with Crippen LogP contribution in [-0.4, -0.2) is 24.2 Å². The van der Waals surface area contributed by atoms with E-state index in [4.69, 9.17) is 4.74 Å². The van der Waals surface area contributed by atoms with Crippen molar-refractivity contribution in [2.75, 3.05) is 13.7 Å². The van der Waals surface area contributed by atoms with E-state index in [-0.39, 0.29) is 5.97 Å². The van der Waals surface area contributed by atoms with Gasteiger partial charge in [0.25, 0.3) is 0 Å². The Labute approximate surface area is 80.5 Å². The van der Waals surface area contributed by atoms with Gasteiger partial charge < -0.3 is 9.30 Å². The van der Waals surface area contributed by atoms with Crippen molar-refractivity contribution in [2.45, 2.75) is 6.92 Å². The summed E-state index contributed by atoms with van der Waals surface area (Å²) in [5.41, 5.74) is 0.549. The maximum absolute atomic E-state index is 11.3. The fourth-order valence-electron chi connectivity index (χ4n) is 0.962. The molecule has 1 rings (SSSR count). The number of thiazole rings is 1. The van der Waals surface area contributed by atoms with Crippen LogP contribution in [0.1, 0.15) is 17.4 Å². The first-order valence-electron chi connectivity index (χ1n) is 3.95. The minimum atomic E-state index is -0.295. The number of carbonyl (C=O) groups excluding carboxylic acids is 1. The highest BCUT2D eigenvalue weighted by Gasteiger charge is 2.11. The van der Waals surface area contributed by atoms with Gasteiger partial charge in [-0.25, -0.2) is 4.79 Å². The summed E-state index contributed by atoms with van der Waals surface area (Å²) >= 11 is 1.43. The number of hydrogen-bond acceptors (Lipinski definition) is 4. The molecule has 0 aliphatic heterocycles. The van der Waals surface area contributed by atoms with Crippen molar-refractivity contribution in [1.29, 1.82) is 0 Å². The number of aromatic nitrogens is 1. The average molecular weight is 200 g/mol. The Morgan fingerprint density at radius 3 is 2.92 bits per heavy atom. The van der Waals surface area contributed by atoms with E-state index in [1.807, 2.05) is 0 Å². The van der Waals surface area contributed by atoms with Crippen molar-refractivity contribution in [3.63, 3.8) is 0 Å². The van der Waals surface area contributed by atoms with Crippen LogP contribution in [0.25, 0.3) is 0 Å². The van der Waals surface area contributed by atoms with Gasteiger partial charge in [0.1, 0.15) is 5.69 Å². The third-order valence-electron chi connectivity index (χ3n) is 1.60. The average Bonchev–Trinajstić information content (AvgIpc) is 2.47. The lowest BCUT2D eigenvalue weighted by Crippen LogP contribution is -2.17. The quantitative estimate of drug-likeness (QED) is 0.663. The highest BCUT2D eigenvalue weighted by molar-refractivity contribution is 7.07. The van der Waals surface area contributed by atoms with Gasteiger partial charge in [0.05, 0.1) is 6.61 Å². The van der Waals surface area contributed by atoms with Gasteiger partial charge in [0, 0.05) is 19.5 Å². The second-order valence-corrected chi connectivity index (χ2v) is 3.24. The van der Waals surface area contributed by atoms with Crippen LogP contribution < -0.4 is 4.80 Å². The summed E-state index contributed by atoms with van der Waals surface area (Å²) < 4.78 is 6.60. The zero-order chi connectivity index (χ0) is 9.84. The first-order chi connectivity index (χ1) is 6.20. The maximum Gasteiger partial charge on any atom is 0.355 e. The number of hydrogen-bond donors (Lipinski definition) is 0. The zero-order valence-corrected chi connectivity index (χ0v) is 8.72. The van der Waals surface area contributed by atoms with Crippen LogP contribution in [0, 0.1) is 0 Å². The predicted molar refractivity (Wildman–Crippen MR) is 50.7 cm³/mol. The monoisotopic (exact) mass is 200 g/mol. The molecule has 0 aromatic carbocycles. The Hall–Kier alpha value is -1.10. The molecule has 0 radical (unpaired) electrons. The molecule has 0 N–H and O–H groups in total. The molecule has 4 nitrogen and oxygen atoms in total. The summed E-state index contributed by atoms with van der Waals surface area (Å²) in [5.74, 6) is -0.295. The van der Waals surface area contributed by atoms with E-state index in [1.165, 1.54) is 11.3 Å². The van der Waals surface area contributed by atoms with Gasteiger partial charge in [-0.05, 0) is 6.92 Å². The second-order valence-electron chi connectivity index (χ2n) is 2.41. The molecular weight excluding hydrogens is 188 g/mol. The SMILES string of the molecule is CCOC(=O)c1csc(=NC)n1C. The van der Waals surface area contributed by atoms with E-state index < -0.39 is 0 Å². The zero-order valence-electron chi connectivity index (χ0n) is 7.90. The minimum Gasteiger partial charge on any atom is -0.461 e. The van der Waals surface area contributed by atoms with Crippen LogP contribution in [0.15, 0.2) is 10.4 Å². The van der Waals surface area contributed by atoms with Crippen LogP contribution in [0.4, 0.5) is 0 Å². The molecule has 0 amide bonds. The Morgan fingerprint density at radius 1 is 1.77 bits per heavy atom. The Morgan fingerprint density at radius 2 is 2.46 bits per heavy atom. The summed E-state index contributed by atoms with van der Waals surface area (Å²) in [7, 11) is 3.49. The number of ether oxygens (including phenoxy) is 1. The first kappa shape index (κ1) is 9.98. The summed E-state index contributed by atoms with van der Waals surface area (Å²) in [4.78, 5) is 16.1. The lowest BCUT2D eigenvalue weighted by Gasteiger charge is -2.01. The van der Waals surface area contributed by atoms with Gasteiger partial charge >= 0.3 is 5.97 Å². The Kier molecular flexibility index (Phi) is 3.25. The summed E-state index contributed by atoms with van der Waals surface area (Å²) in [6.45, 7) is 2.18. The van der Waals surface area contributed by atoms with Crippen LogP contribution in [-0.2, 0) is 11.8 Å². The molecule has 0 saturated carbocycles. The van der Waals surface area contributed by atoms with Gasteiger partial charge in [-0.15, -0.1) is 11.3 Å². The standard InChI is InChI=1S/C8H12N2O2S/c1-4-12-7(11)6-5-13-8(9-2)10(6)3/h5H,4H2,1-3H3. The fraction of sp³-hybridized carbons (Fsp3) is 0.500. The van der Waals surface area contributed by atoms with Gasteiger partial charge in [-0.1, -0.05) is 0 Å². The van der Waals surface area contributed by atoms with E-state index in [0.29, 0.717) is 12.3 Å². The third kappa shape index (κ3) is 1.98. The van der Waals surface area contributed by atoms with Crippen molar-refractivity contribution in [3.05, 3.63) is 15.9 Å². The summed E-state index contributed by atoms with van der Waals surface area (Å²) in [6, 6.07) is 0. The lowest BCUT2D eigenvalue weighted by molar-refractivity contribution is 0.0515. The predicted octanol–water partition coefficient (Wildman–Crippen LogP) is 0.794. The van der Waals surface area contributed by atoms with E-state index in [9.17, 15) is 4.79 Å². The van der Waals surface area contributed by atoms with Crippen LogP contribution in [0.3, 0.4) is 0 Å². The highest BCUT2D eigenvalue weighted by atomic mass is 32.1. The summed E-state index contributed by atoms with van der Waals surface area (Å²) in [6.07, 6.45) is 0. The molecule has 0 fully saturated rings. The molecule has 1 aromatic rings. The van der Waals surface area contributed by atoms with Gasteiger partial charge in [0.15, 0.2) is 4.80 Å². The molecule has 1 heterocycles. The van der Waals surface area contributed by atoms with E-state index in [1.54, 1.807) is 31.0 Å². The van der Waals surface area contributed by atoms with E-state index >= 15 is 0 Å². The van der Waals surface area contributed by atoms with Crippen molar-refractivity contribution in [2.24, 2.45) is 12.0 Å². The first-order valence-corrected chi connectivity index (χ1v) is 4.83. The van der Waals surface area contributed by atoms with Crippen LogP contribution >= 0.6 is 11.3 Å². The second kappa shape index (κ2) is 4.23. The third-order valence-corrected chi connectivity index (χ3v) is 2.61. The molecule has 72 valence electrons. The molecule has 0 aliphatic carbocycles. The lowest BCUT2D eigenvalue weighted by atomic mass is 10.5. The number of rotatable bonds is 2. The van der Waals surface area contributed by atoms with Gasteiger partial charge in [-0.3, -0.25) is 4.99 Å². The fourth-order valence-corrected chi connectivity index (χ4v) is 1.80.